The van der Waals surface area contributed by atoms with Crippen LogP contribution in [-0.4, -0.2) is 0 Å². The average Bonchev–Trinajstić information content (AvgIpc) is 2.84. The van der Waals surface area contributed by atoms with Crippen molar-refractivity contribution >= 4 is 10.8 Å². The number of fused-ring (bicyclic) bond motifs is 1. The third-order valence-electron chi connectivity index (χ3n) is 9.38. The second kappa shape index (κ2) is 7.54. The molecule has 8 rings (SSSR count). The van der Waals surface area contributed by atoms with E-state index in [1.54, 1.807) is 5.56 Å². The van der Waals surface area contributed by atoms with Gasteiger partial charge in [-0.15, -0.1) is 0 Å². The van der Waals surface area contributed by atoms with Gasteiger partial charge in [0.15, 0.2) is 6.20 Å². The van der Waals surface area contributed by atoms with Gasteiger partial charge in [-0.05, 0) is 108 Å². The monoisotopic (exact) mass is 444 g/mol. The quantitative estimate of drug-likeness (QED) is 0.284. The molecule has 4 aliphatic rings. The molecule has 0 unspecified atom stereocenters. The molecule has 34 heavy (non-hydrogen) atoms. The Morgan fingerprint density at radius 1 is 0.735 bits per heavy atom. The van der Waals surface area contributed by atoms with Gasteiger partial charge in [-0.25, -0.2) is 4.57 Å². The summed E-state index contributed by atoms with van der Waals surface area (Å²) in [6, 6.07) is 27.4. The average molecular weight is 445 g/mol. The van der Waals surface area contributed by atoms with Crippen LogP contribution in [-0.2, 0) is 12.5 Å². The summed E-state index contributed by atoms with van der Waals surface area (Å²) in [4.78, 5) is 0. The standard InChI is InChI=1S/C33H34N/c1-22-14-27(26-6-4-3-5-7-26)8-10-30(22)32-31-11-9-29(18-28(31)12-13-34(32)2)33-19-23-15-24(20-33)17-25(16-23)21-33/h3-14,18,23-25H,15-17,19-21H2,1-2H3/q+1. The normalized spacial score (nSPS) is 27.4. The molecule has 0 radical (unpaired) electrons. The number of rotatable bonds is 3. The van der Waals surface area contributed by atoms with E-state index >= 15 is 0 Å². The fourth-order valence-corrected chi connectivity index (χ4v) is 8.24. The van der Waals surface area contributed by atoms with E-state index in [1.165, 1.54) is 77.2 Å². The van der Waals surface area contributed by atoms with Crippen molar-refractivity contribution in [3.8, 4) is 22.4 Å². The third-order valence-corrected chi connectivity index (χ3v) is 9.38. The van der Waals surface area contributed by atoms with Gasteiger partial charge in [0.1, 0.15) is 7.05 Å². The highest BCUT2D eigenvalue weighted by molar-refractivity contribution is 5.94. The van der Waals surface area contributed by atoms with Crippen LogP contribution in [0.5, 0.6) is 0 Å². The predicted octanol–water partition coefficient (Wildman–Crippen LogP) is 7.77. The number of nitrogens with zero attached hydrogens (tertiary/aromatic N) is 1. The van der Waals surface area contributed by atoms with Crippen LogP contribution in [0.15, 0.2) is 79.0 Å². The highest BCUT2D eigenvalue weighted by atomic mass is 14.9. The molecule has 4 aromatic rings. The van der Waals surface area contributed by atoms with E-state index in [9.17, 15) is 0 Å². The van der Waals surface area contributed by atoms with Crippen LogP contribution in [0.1, 0.15) is 49.7 Å². The minimum Gasteiger partial charge on any atom is -0.200 e. The Labute approximate surface area is 203 Å². The highest BCUT2D eigenvalue weighted by Gasteiger charge is 2.51. The van der Waals surface area contributed by atoms with Gasteiger partial charge in [-0.3, -0.25) is 0 Å². The van der Waals surface area contributed by atoms with Crippen molar-refractivity contribution in [3.63, 3.8) is 0 Å². The van der Waals surface area contributed by atoms with Gasteiger partial charge in [-0.1, -0.05) is 54.6 Å². The lowest BCUT2D eigenvalue weighted by molar-refractivity contribution is -0.659. The zero-order valence-electron chi connectivity index (χ0n) is 20.4. The third kappa shape index (κ3) is 3.17. The zero-order valence-corrected chi connectivity index (χ0v) is 20.4. The van der Waals surface area contributed by atoms with Gasteiger partial charge in [0.2, 0.25) is 5.69 Å². The minimum absolute atomic E-state index is 0.453. The summed E-state index contributed by atoms with van der Waals surface area (Å²) in [5.41, 5.74) is 8.62. The molecule has 1 heterocycles. The smallest absolute Gasteiger partial charge is 0.200 e. The number of hydrogen-bond donors (Lipinski definition) is 0. The van der Waals surface area contributed by atoms with Crippen molar-refractivity contribution in [2.24, 2.45) is 24.8 Å². The minimum atomic E-state index is 0.453. The molecule has 4 fully saturated rings. The summed E-state index contributed by atoms with van der Waals surface area (Å²) in [5.74, 6) is 2.95. The maximum Gasteiger partial charge on any atom is 0.220 e. The van der Waals surface area contributed by atoms with E-state index < -0.39 is 0 Å². The SMILES string of the molecule is Cc1cc(-c2ccccc2)ccc1-c1c2ccc(C34CC5CC(CC(C5)C3)C4)cc2cc[n+]1C. The maximum absolute atomic E-state index is 2.56. The van der Waals surface area contributed by atoms with E-state index in [4.69, 9.17) is 0 Å². The second-order valence-corrected chi connectivity index (χ2v) is 11.7. The Morgan fingerprint density at radius 3 is 2.12 bits per heavy atom. The zero-order chi connectivity index (χ0) is 22.9. The molecule has 1 heteroatoms. The Hall–Kier alpha value is -2.93. The van der Waals surface area contributed by atoms with E-state index in [-0.39, 0.29) is 0 Å². The van der Waals surface area contributed by atoms with Gasteiger partial charge in [-0.2, -0.15) is 0 Å². The first-order chi connectivity index (χ1) is 16.6. The lowest BCUT2D eigenvalue weighted by Gasteiger charge is -2.57. The molecule has 4 saturated carbocycles. The fraction of sp³-hybridized carbons (Fsp3) is 0.364. The van der Waals surface area contributed by atoms with E-state index in [1.807, 2.05) is 0 Å². The molecular weight excluding hydrogens is 410 g/mol. The van der Waals surface area contributed by atoms with Gasteiger partial charge in [0.05, 0.1) is 5.39 Å². The first-order valence-electron chi connectivity index (χ1n) is 13.2. The van der Waals surface area contributed by atoms with Crippen LogP contribution in [0.3, 0.4) is 0 Å². The Bertz CT molecular complexity index is 1360. The van der Waals surface area contributed by atoms with Crippen molar-refractivity contribution in [3.05, 3.63) is 90.1 Å². The Balaban J connectivity index is 1.32. The van der Waals surface area contributed by atoms with Gasteiger partial charge in [0.25, 0.3) is 0 Å². The molecule has 4 aliphatic carbocycles. The molecule has 0 amide bonds. The lowest BCUT2D eigenvalue weighted by Crippen LogP contribution is -2.48. The lowest BCUT2D eigenvalue weighted by atomic mass is 9.48. The van der Waals surface area contributed by atoms with Crippen molar-refractivity contribution in [2.45, 2.75) is 50.9 Å². The van der Waals surface area contributed by atoms with Crippen LogP contribution in [0.2, 0.25) is 0 Å². The molecule has 0 spiro atoms. The molecule has 0 saturated heterocycles. The molecule has 1 nitrogen and oxygen atoms in total. The summed E-state index contributed by atoms with van der Waals surface area (Å²) in [7, 11) is 2.19. The molecular formula is C33H34N+. The van der Waals surface area contributed by atoms with Crippen LogP contribution < -0.4 is 4.57 Å². The highest BCUT2D eigenvalue weighted by Crippen LogP contribution is 2.60. The number of aromatic nitrogens is 1. The Kier molecular flexibility index (Phi) is 4.53. The number of pyridine rings is 1. The topological polar surface area (TPSA) is 3.88 Å². The number of benzene rings is 3. The largest absolute Gasteiger partial charge is 0.220 e. The van der Waals surface area contributed by atoms with E-state index in [0.29, 0.717) is 5.41 Å². The molecule has 3 aromatic carbocycles. The first-order valence-corrected chi connectivity index (χ1v) is 13.2. The molecule has 0 atom stereocenters. The number of hydrogen-bond acceptors (Lipinski definition) is 0. The van der Waals surface area contributed by atoms with Crippen molar-refractivity contribution in [1.82, 2.24) is 0 Å². The van der Waals surface area contributed by atoms with Crippen molar-refractivity contribution < 1.29 is 4.57 Å². The van der Waals surface area contributed by atoms with Crippen LogP contribution in [0.25, 0.3) is 33.2 Å². The van der Waals surface area contributed by atoms with Crippen LogP contribution in [0.4, 0.5) is 0 Å². The fourth-order valence-electron chi connectivity index (χ4n) is 8.24. The summed E-state index contributed by atoms with van der Waals surface area (Å²) < 4.78 is 2.30. The molecule has 1 aromatic heterocycles. The van der Waals surface area contributed by atoms with Crippen molar-refractivity contribution in [1.29, 1.82) is 0 Å². The van der Waals surface area contributed by atoms with Crippen LogP contribution in [0, 0.1) is 24.7 Å². The Morgan fingerprint density at radius 2 is 1.44 bits per heavy atom. The van der Waals surface area contributed by atoms with Gasteiger partial charge in [0, 0.05) is 11.6 Å². The maximum atomic E-state index is 2.56. The summed E-state index contributed by atoms with van der Waals surface area (Å²) in [5, 5.41) is 2.77. The van der Waals surface area contributed by atoms with E-state index in [2.05, 4.69) is 97.5 Å². The molecule has 0 aliphatic heterocycles. The van der Waals surface area contributed by atoms with Crippen LogP contribution >= 0.6 is 0 Å². The molecule has 0 N–H and O–H groups in total. The summed E-state index contributed by atoms with van der Waals surface area (Å²) in [6.07, 6.45) is 11.1. The second-order valence-electron chi connectivity index (χ2n) is 11.7. The van der Waals surface area contributed by atoms with Gasteiger partial charge >= 0.3 is 0 Å². The first kappa shape index (κ1) is 20.4. The van der Waals surface area contributed by atoms with Gasteiger partial charge < -0.3 is 0 Å². The van der Waals surface area contributed by atoms with E-state index in [0.717, 1.165) is 17.8 Å². The summed E-state index contributed by atoms with van der Waals surface area (Å²) in [6.45, 7) is 2.25. The van der Waals surface area contributed by atoms with Crippen molar-refractivity contribution in [2.75, 3.05) is 0 Å². The molecule has 170 valence electrons. The molecule has 4 bridgehead atoms. The summed E-state index contributed by atoms with van der Waals surface area (Å²) >= 11 is 0. The predicted molar refractivity (Wildman–Crippen MR) is 141 cm³/mol. The number of aryl methyl sites for hydroxylation is 2.